The van der Waals surface area contributed by atoms with Gasteiger partial charge in [-0.25, -0.2) is 9.79 Å². The van der Waals surface area contributed by atoms with Crippen molar-refractivity contribution in [3.05, 3.63) is 101 Å². The van der Waals surface area contributed by atoms with Crippen LogP contribution in [0.25, 0.3) is 6.08 Å². The second kappa shape index (κ2) is 8.44. The molecule has 3 aromatic rings. The molecule has 0 amide bonds. The minimum atomic E-state index is -0.499. The third-order valence-corrected chi connectivity index (χ3v) is 4.39. The van der Waals surface area contributed by atoms with Crippen LogP contribution in [-0.4, -0.2) is 19.0 Å². The molecule has 0 radical (unpaired) electrons. The highest BCUT2D eigenvalue weighted by molar-refractivity contribution is 6.12. The zero-order chi connectivity index (χ0) is 20.1. The highest BCUT2D eigenvalue weighted by Crippen LogP contribution is 2.34. The third kappa shape index (κ3) is 4.19. The molecule has 0 atom stereocenters. The second-order valence-corrected chi connectivity index (χ2v) is 6.35. The Hall–Kier alpha value is -3.86. The van der Waals surface area contributed by atoms with Crippen LogP contribution in [0.15, 0.2) is 89.6 Å². The first-order chi connectivity index (χ1) is 14.2. The third-order valence-electron chi connectivity index (χ3n) is 4.39. The lowest BCUT2D eigenvalue weighted by molar-refractivity contribution is -0.129. The predicted octanol–water partition coefficient (Wildman–Crippen LogP) is 4.62. The van der Waals surface area contributed by atoms with E-state index < -0.39 is 5.97 Å². The molecule has 144 valence electrons. The molecule has 5 heteroatoms. The topological polar surface area (TPSA) is 57.1 Å². The summed E-state index contributed by atoms with van der Waals surface area (Å²) < 4.78 is 16.8. The molecule has 0 N–H and O–H groups in total. The van der Waals surface area contributed by atoms with Crippen LogP contribution in [0.4, 0.5) is 0 Å². The number of para-hydroxylation sites is 1. The van der Waals surface area contributed by atoms with E-state index in [0.717, 1.165) is 11.1 Å². The van der Waals surface area contributed by atoms with Crippen molar-refractivity contribution in [2.24, 2.45) is 4.99 Å². The minimum Gasteiger partial charge on any atom is -0.493 e. The highest BCUT2D eigenvalue weighted by atomic mass is 16.6. The zero-order valence-corrected chi connectivity index (χ0v) is 15.9. The molecule has 1 aliphatic rings. The van der Waals surface area contributed by atoms with Gasteiger partial charge in [-0.2, -0.15) is 0 Å². The number of hydrogen-bond acceptors (Lipinski definition) is 5. The number of cyclic esters (lactones) is 1. The number of esters is 1. The zero-order valence-electron chi connectivity index (χ0n) is 15.9. The Morgan fingerprint density at radius 3 is 2.38 bits per heavy atom. The summed E-state index contributed by atoms with van der Waals surface area (Å²) in [5.41, 5.74) is 2.67. The predicted molar refractivity (Wildman–Crippen MR) is 111 cm³/mol. The number of methoxy groups -OCH3 is 1. The molecule has 4 rings (SSSR count). The van der Waals surface area contributed by atoms with Crippen LogP contribution in [0, 0.1) is 0 Å². The Morgan fingerprint density at radius 1 is 0.931 bits per heavy atom. The van der Waals surface area contributed by atoms with E-state index in [1.807, 2.05) is 78.9 Å². The lowest BCUT2D eigenvalue weighted by Crippen LogP contribution is -2.05. The lowest BCUT2D eigenvalue weighted by Gasteiger charge is -2.13. The van der Waals surface area contributed by atoms with Gasteiger partial charge in [-0.3, -0.25) is 0 Å². The summed E-state index contributed by atoms with van der Waals surface area (Å²) >= 11 is 0. The van der Waals surface area contributed by atoms with Gasteiger partial charge in [0.05, 0.1) is 7.11 Å². The van der Waals surface area contributed by atoms with E-state index in [2.05, 4.69) is 4.99 Å². The molecular formula is C24H19NO4. The van der Waals surface area contributed by atoms with Crippen molar-refractivity contribution in [3.63, 3.8) is 0 Å². The first-order valence-electron chi connectivity index (χ1n) is 9.16. The van der Waals surface area contributed by atoms with Crippen molar-refractivity contribution in [1.82, 2.24) is 0 Å². The molecule has 1 aliphatic heterocycles. The summed E-state index contributed by atoms with van der Waals surface area (Å²) in [6.07, 6.45) is 1.65. The normalized spacial score (nSPS) is 14.4. The highest BCUT2D eigenvalue weighted by Gasteiger charge is 2.24. The van der Waals surface area contributed by atoms with E-state index in [-0.39, 0.29) is 11.6 Å². The van der Waals surface area contributed by atoms with Crippen molar-refractivity contribution >= 4 is 17.9 Å². The number of aliphatic imine (C=N–C) groups is 1. The van der Waals surface area contributed by atoms with Gasteiger partial charge < -0.3 is 14.2 Å². The van der Waals surface area contributed by atoms with Crippen LogP contribution >= 0.6 is 0 Å². The van der Waals surface area contributed by atoms with Crippen molar-refractivity contribution < 1.29 is 19.0 Å². The molecule has 0 saturated heterocycles. The summed E-state index contributed by atoms with van der Waals surface area (Å²) in [5, 5.41) is 0. The molecule has 29 heavy (non-hydrogen) atoms. The number of benzene rings is 3. The fourth-order valence-corrected chi connectivity index (χ4v) is 2.95. The summed E-state index contributed by atoms with van der Waals surface area (Å²) in [7, 11) is 1.58. The Labute approximate surface area is 168 Å². The average molecular weight is 385 g/mol. The smallest absolute Gasteiger partial charge is 0.363 e. The molecule has 1 heterocycles. The molecule has 0 spiro atoms. The molecule has 0 aliphatic carbocycles. The molecule has 0 bridgehead atoms. The standard InChI is InChI=1S/C24H19NO4/c1-27-21-14-8-13-19(22(21)28-16-17-9-4-2-5-10-17)15-20-24(26)29-23(25-20)18-11-6-3-7-12-18/h2-15H,16H2,1H3/b20-15+. The van der Waals surface area contributed by atoms with Crippen LogP contribution in [0.2, 0.25) is 0 Å². The number of carbonyl (C=O) groups is 1. The van der Waals surface area contributed by atoms with Gasteiger partial charge in [0.15, 0.2) is 17.2 Å². The van der Waals surface area contributed by atoms with Crippen molar-refractivity contribution in [2.75, 3.05) is 7.11 Å². The van der Waals surface area contributed by atoms with Gasteiger partial charge in [0.1, 0.15) is 6.61 Å². The first kappa shape index (κ1) is 18.5. The van der Waals surface area contributed by atoms with Crippen LogP contribution in [0.3, 0.4) is 0 Å². The molecule has 0 unspecified atom stereocenters. The van der Waals surface area contributed by atoms with Gasteiger partial charge in [0, 0.05) is 11.1 Å². The van der Waals surface area contributed by atoms with Crippen molar-refractivity contribution in [2.45, 2.75) is 6.61 Å². The summed E-state index contributed by atoms with van der Waals surface area (Å²) in [5.74, 6) is 0.911. The maximum Gasteiger partial charge on any atom is 0.363 e. The first-order valence-corrected chi connectivity index (χ1v) is 9.16. The van der Waals surface area contributed by atoms with Crippen LogP contribution in [0.5, 0.6) is 11.5 Å². The average Bonchev–Trinajstić information content (AvgIpc) is 3.14. The van der Waals surface area contributed by atoms with Crippen LogP contribution < -0.4 is 9.47 Å². The molecule has 0 saturated carbocycles. The largest absolute Gasteiger partial charge is 0.493 e. The summed E-state index contributed by atoms with van der Waals surface area (Å²) in [6.45, 7) is 0.375. The van der Waals surface area contributed by atoms with Gasteiger partial charge in [0.2, 0.25) is 5.90 Å². The molecule has 3 aromatic carbocycles. The number of carbonyl (C=O) groups excluding carboxylic acids is 1. The fourth-order valence-electron chi connectivity index (χ4n) is 2.95. The van der Waals surface area contributed by atoms with E-state index in [9.17, 15) is 4.79 Å². The van der Waals surface area contributed by atoms with E-state index >= 15 is 0 Å². The summed E-state index contributed by atoms with van der Waals surface area (Å²) in [6, 6.07) is 24.6. The van der Waals surface area contributed by atoms with Gasteiger partial charge in [-0.15, -0.1) is 0 Å². The second-order valence-electron chi connectivity index (χ2n) is 6.35. The van der Waals surface area contributed by atoms with E-state index in [4.69, 9.17) is 14.2 Å². The molecular weight excluding hydrogens is 366 g/mol. The Morgan fingerprint density at radius 2 is 1.66 bits per heavy atom. The SMILES string of the molecule is COc1cccc(/C=C2/N=C(c3ccccc3)OC2=O)c1OCc1ccccc1. The van der Waals surface area contributed by atoms with Crippen molar-refractivity contribution in [3.8, 4) is 11.5 Å². The maximum absolute atomic E-state index is 12.3. The molecule has 0 fully saturated rings. The Bertz CT molecular complexity index is 1070. The number of rotatable bonds is 6. The van der Waals surface area contributed by atoms with E-state index in [1.54, 1.807) is 13.2 Å². The van der Waals surface area contributed by atoms with Crippen LogP contribution in [0.1, 0.15) is 16.7 Å². The number of hydrogen-bond donors (Lipinski definition) is 0. The van der Waals surface area contributed by atoms with Gasteiger partial charge >= 0.3 is 5.97 Å². The lowest BCUT2D eigenvalue weighted by atomic mass is 10.1. The Kier molecular flexibility index (Phi) is 5.38. The van der Waals surface area contributed by atoms with Gasteiger partial charge in [-0.1, -0.05) is 60.7 Å². The van der Waals surface area contributed by atoms with Crippen LogP contribution in [-0.2, 0) is 16.1 Å². The summed E-state index contributed by atoms with van der Waals surface area (Å²) in [4.78, 5) is 16.7. The van der Waals surface area contributed by atoms with E-state index in [1.165, 1.54) is 0 Å². The fraction of sp³-hybridized carbons (Fsp3) is 0.0833. The Balaban J connectivity index is 1.66. The minimum absolute atomic E-state index is 0.210. The maximum atomic E-state index is 12.3. The van der Waals surface area contributed by atoms with Gasteiger partial charge in [0.25, 0.3) is 0 Å². The molecule has 5 nitrogen and oxygen atoms in total. The van der Waals surface area contributed by atoms with Crippen molar-refractivity contribution in [1.29, 1.82) is 0 Å². The number of ether oxygens (including phenoxy) is 3. The molecule has 0 aromatic heterocycles. The monoisotopic (exact) mass is 385 g/mol. The van der Waals surface area contributed by atoms with Gasteiger partial charge in [-0.05, 0) is 29.8 Å². The van der Waals surface area contributed by atoms with E-state index in [0.29, 0.717) is 23.7 Å². The number of nitrogens with zero attached hydrogens (tertiary/aromatic N) is 1. The quantitative estimate of drug-likeness (QED) is 0.459.